The minimum Gasteiger partial charge on any atom is -0.384 e. The lowest BCUT2D eigenvalue weighted by molar-refractivity contribution is -0.120. The third-order valence-corrected chi connectivity index (χ3v) is 3.42. The van der Waals surface area contributed by atoms with Crippen LogP contribution in [0.15, 0.2) is 18.2 Å². The lowest BCUT2D eigenvalue weighted by Gasteiger charge is -2.16. The molecule has 0 fully saturated rings. The topological polar surface area (TPSA) is 49.3 Å². The molecule has 0 aromatic heterocycles. The van der Waals surface area contributed by atoms with Crippen LogP contribution < -0.4 is 5.32 Å². The summed E-state index contributed by atoms with van der Waals surface area (Å²) < 4.78 is 0. The molecule has 0 unspecified atom stereocenters. The van der Waals surface area contributed by atoms with Gasteiger partial charge in [-0.2, -0.15) is 0 Å². The largest absolute Gasteiger partial charge is 0.384 e. The molecule has 0 aliphatic rings. The maximum absolute atomic E-state index is 12.4. The van der Waals surface area contributed by atoms with E-state index in [0.717, 1.165) is 25.7 Å². The number of benzene rings is 1. The van der Waals surface area contributed by atoms with Gasteiger partial charge in [0.05, 0.1) is 5.69 Å². The first kappa shape index (κ1) is 17.6. The van der Waals surface area contributed by atoms with Crippen LogP contribution in [0.5, 0.6) is 0 Å². The van der Waals surface area contributed by atoms with E-state index in [2.05, 4.69) is 31.0 Å². The second-order valence-electron chi connectivity index (χ2n) is 4.91. The number of amides is 1. The first-order valence-electron chi connectivity index (χ1n) is 7.32. The molecule has 114 valence electrons. The molecule has 0 spiro atoms. The van der Waals surface area contributed by atoms with Gasteiger partial charge in [0.25, 0.3) is 0 Å². The zero-order chi connectivity index (χ0) is 15.7. The van der Waals surface area contributed by atoms with E-state index >= 15 is 0 Å². The van der Waals surface area contributed by atoms with Crippen molar-refractivity contribution in [3.63, 3.8) is 0 Å². The first-order chi connectivity index (χ1) is 10.1. The lowest BCUT2D eigenvalue weighted by atomic mass is 9.97. The molecule has 0 radical (unpaired) electrons. The highest BCUT2D eigenvalue weighted by Gasteiger charge is 2.17. The molecule has 1 amide bonds. The van der Waals surface area contributed by atoms with Gasteiger partial charge in [-0.05, 0) is 31.0 Å². The first-order valence-corrected chi connectivity index (χ1v) is 7.70. The Labute approximate surface area is 131 Å². The standard InChI is InChI=1S/C17H22ClNO2/c1-3-6-13(7-4-2)17(21)19-16-10-9-15(18)12-14(16)8-5-11-20/h9-10,12-13,20H,3-4,6-7,11H2,1-2H3,(H,19,21). The summed E-state index contributed by atoms with van der Waals surface area (Å²) in [6.45, 7) is 3.93. The van der Waals surface area contributed by atoms with Gasteiger partial charge in [-0.25, -0.2) is 0 Å². The second kappa shape index (κ2) is 9.44. The number of aliphatic hydroxyl groups excluding tert-OH is 1. The van der Waals surface area contributed by atoms with Gasteiger partial charge in [0.15, 0.2) is 0 Å². The maximum atomic E-state index is 12.4. The van der Waals surface area contributed by atoms with E-state index in [-0.39, 0.29) is 18.4 Å². The van der Waals surface area contributed by atoms with Gasteiger partial charge in [-0.3, -0.25) is 4.79 Å². The van der Waals surface area contributed by atoms with Crippen LogP contribution in [0, 0.1) is 17.8 Å². The van der Waals surface area contributed by atoms with Gasteiger partial charge in [0.2, 0.25) is 5.91 Å². The molecule has 0 aliphatic heterocycles. The second-order valence-corrected chi connectivity index (χ2v) is 5.35. The lowest BCUT2D eigenvalue weighted by Crippen LogP contribution is -2.23. The molecule has 21 heavy (non-hydrogen) atoms. The number of halogens is 1. The summed E-state index contributed by atoms with van der Waals surface area (Å²) in [6, 6.07) is 5.15. The number of anilines is 1. The van der Waals surface area contributed by atoms with E-state index < -0.39 is 0 Å². The normalized spacial score (nSPS) is 10.1. The number of hydrogen-bond acceptors (Lipinski definition) is 2. The Hall–Kier alpha value is -1.50. The van der Waals surface area contributed by atoms with E-state index in [1.165, 1.54) is 0 Å². The fourth-order valence-corrected chi connectivity index (χ4v) is 2.37. The Morgan fingerprint density at radius 3 is 2.57 bits per heavy atom. The van der Waals surface area contributed by atoms with Crippen LogP contribution in [0.3, 0.4) is 0 Å². The molecule has 1 aromatic carbocycles. The van der Waals surface area contributed by atoms with Crippen LogP contribution >= 0.6 is 11.6 Å². The van der Waals surface area contributed by atoms with E-state index in [0.29, 0.717) is 16.3 Å². The summed E-state index contributed by atoms with van der Waals surface area (Å²) in [7, 11) is 0. The summed E-state index contributed by atoms with van der Waals surface area (Å²) in [5, 5.41) is 12.3. The van der Waals surface area contributed by atoms with Crippen LogP contribution in [0.2, 0.25) is 5.02 Å². The van der Waals surface area contributed by atoms with Crippen molar-refractivity contribution >= 4 is 23.2 Å². The predicted octanol–water partition coefficient (Wildman–Crippen LogP) is 3.84. The molecule has 0 heterocycles. The predicted molar refractivity (Wildman–Crippen MR) is 87.4 cm³/mol. The summed E-state index contributed by atoms with van der Waals surface area (Å²) in [5.41, 5.74) is 1.26. The molecular formula is C17H22ClNO2. The minimum absolute atomic E-state index is 0.0214. The average molecular weight is 308 g/mol. The van der Waals surface area contributed by atoms with Crippen molar-refractivity contribution < 1.29 is 9.90 Å². The zero-order valence-electron chi connectivity index (χ0n) is 12.6. The molecule has 4 heteroatoms. The van der Waals surface area contributed by atoms with Crippen molar-refractivity contribution in [3.05, 3.63) is 28.8 Å². The third kappa shape index (κ3) is 5.79. The van der Waals surface area contributed by atoms with Crippen LogP contribution in [0.1, 0.15) is 45.1 Å². The molecule has 0 bridgehead atoms. The van der Waals surface area contributed by atoms with E-state index in [9.17, 15) is 4.79 Å². The summed E-state index contributed by atoms with van der Waals surface area (Å²) >= 11 is 5.95. The highest BCUT2D eigenvalue weighted by Crippen LogP contribution is 2.22. The molecular weight excluding hydrogens is 286 g/mol. The van der Waals surface area contributed by atoms with Crippen molar-refractivity contribution in [3.8, 4) is 11.8 Å². The highest BCUT2D eigenvalue weighted by atomic mass is 35.5. The van der Waals surface area contributed by atoms with E-state index in [1.54, 1.807) is 18.2 Å². The number of nitrogens with one attached hydrogen (secondary N) is 1. The van der Waals surface area contributed by atoms with Crippen molar-refractivity contribution in [2.75, 3.05) is 11.9 Å². The van der Waals surface area contributed by atoms with Gasteiger partial charge in [-0.1, -0.05) is 50.1 Å². The number of carbonyl (C=O) groups excluding carboxylic acids is 1. The van der Waals surface area contributed by atoms with Crippen molar-refractivity contribution in [1.82, 2.24) is 0 Å². The van der Waals surface area contributed by atoms with E-state index in [4.69, 9.17) is 16.7 Å². The fraction of sp³-hybridized carbons (Fsp3) is 0.471. The Bertz CT molecular complexity index is 525. The van der Waals surface area contributed by atoms with Gasteiger partial charge in [0.1, 0.15) is 6.61 Å². The van der Waals surface area contributed by atoms with E-state index in [1.807, 2.05) is 0 Å². The Kier molecular flexibility index (Phi) is 7.89. The Morgan fingerprint density at radius 2 is 2.00 bits per heavy atom. The SMILES string of the molecule is CCCC(CCC)C(=O)Nc1ccc(Cl)cc1C#CCO. The molecule has 1 aromatic rings. The van der Waals surface area contributed by atoms with Gasteiger partial charge >= 0.3 is 0 Å². The van der Waals surface area contributed by atoms with Crippen molar-refractivity contribution in [2.24, 2.45) is 5.92 Å². The fourth-order valence-electron chi connectivity index (χ4n) is 2.20. The molecule has 0 aliphatic carbocycles. The Balaban J connectivity index is 2.92. The number of aliphatic hydroxyl groups is 1. The third-order valence-electron chi connectivity index (χ3n) is 3.19. The van der Waals surface area contributed by atoms with Gasteiger partial charge < -0.3 is 10.4 Å². The molecule has 0 saturated carbocycles. The maximum Gasteiger partial charge on any atom is 0.227 e. The molecule has 2 N–H and O–H groups in total. The number of rotatable bonds is 6. The number of hydrogen-bond donors (Lipinski definition) is 2. The van der Waals surface area contributed by atoms with Gasteiger partial charge in [-0.15, -0.1) is 0 Å². The molecule has 0 saturated heterocycles. The highest BCUT2D eigenvalue weighted by molar-refractivity contribution is 6.30. The van der Waals surface area contributed by atoms with Crippen LogP contribution in [0.25, 0.3) is 0 Å². The van der Waals surface area contributed by atoms with Crippen LogP contribution in [-0.4, -0.2) is 17.6 Å². The molecule has 1 rings (SSSR count). The minimum atomic E-state index is -0.228. The van der Waals surface area contributed by atoms with Crippen molar-refractivity contribution in [2.45, 2.75) is 39.5 Å². The van der Waals surface area contributed by atoms with Gasteiger partial charge in [0, 0.05) is 16.5 Å². The van der Waals surface area contributed by atoms with Crippen molar-refractivity contribution in [1.29, 1.82) is 0 Å². The van der Waals surface area contributed by atoms with Crippen LogP contribution in [0.4, 0.5) is 5.69 Å². The molecule has 0 atom stereocenters. The quantitative estimate of drug-likeness (QED) is 0.785. The monoisotopic (exact) mass is 307 g/mol. The summed E-state index contributed by atoms with van der Waals surface area (Å²) in [5.74, 6) is 5.44. The average Bonchev–Trinajstić information content (AvgIpc) is 2.47. The summed E-state index contributed by atoms with van der Waals surface area (Å²) in [4.78, 5) is 12.4. The smallest absolute Gasteiger partial charge is 0.227 e. The zero-order valence-corrected chi connectivity index (χ0v) is 13.3. The summed E-state index contributed by atoms with van der Waals surface area (Å²) in [6.07, 6.45) is 3.72. The number of carbonyl (C=O) groups is 1. The molecule has 3 nitrogen and oxygen atoms in total. The Morgan fingerprint density at radius 1 is 1.33 bits per heavy atom. The van der Waals surface area contributed by atoms with Crippen LogP contribution in [-0.2, 0) is 4.79 Å².